The zero-order valence-corrected chi connectivity index (χ0v) is 12.0. The molecule has 0 atom stereocenters. The predicted molar refractivity (Wildman–Crippen MR) is 84.1 cm³/mol. The number of nitrogens with zero attached hydrogens (tertiary/aromatic N) is 1. The van der Waals surface area contributed by atoms with Crippen molar-refractivity contribution in [3.63, 3.8) is 0 Å². The smallest absolute Gasteiger partial charge is 0.258 e. The Morgan fingerprint density at radius 2 is 1.95 bits per heavy atom. The minimum absolute atomic E-state index is 0.0266. The van der Waals surface area contributed by atoms with Crippen LogP contribution in [0, 0.1) is 0 Å². The van der Waals surface area contributed by atoms with E-state index in [-0.39, 0.29) is 11.7 Å². The number of rotatable bonds is 2. The summed E-state index contributed by atoms with van der Waals surface area (Å²) < 4.78 is 0. The molecule has 0 aromatic heterocycles. The van der Waals surface area contributed by atoms with E-state index in [1.807, 2.05) is 18.2 Å². The van der Waals surface area contributed by atoms with Crippen LogP contribution in [0.4, 0.5) is 11.4 Å². The Labute approximate surface area is 124 Å². The number of carbonyl (C=O) groups excluding carboxylic acids is 1. The molecule has 2 aromatic carbocycles. The fraction of sp³-hybridized carbons (Fsp3) is 0.235. The van der Waals surface area contributed by atoms with Crippen molar-refractivity contribution in [1.29, 1.82) is 0 Å². The Morgan fingerprint density at radius 1 is 1.19 bits per heavy atom. The summed E-state index contributed by atoms with van der Waals surface area (Å²) in [7, 11) is 1.75. The van der Waals surface area contributed by atoms with E-state index in [2.05, 4.69) is 5.32 Å². The Bertz CT molecular complexity index is 665. The summed E-state index contributed by atoms with van der Waals surface area (Å²) in [6, 6.07) is 12.5. The molecule has 0 unspecified atom stereocenters. The fourth-order valence-electron chi connectivity index (χ4n) is 2.68. The van der Waals surface area contributed by atoms with Crippen molar-refractivity contribution in [3.05, 3.63) is 53.6 Å². The number of fused-ring (bicyclic) bond motifs is 1. The van der Waals surface area contributed by atoms with Crippen LogP contribution in [0.25, 0.3) is 0 Å². The zero-order chi connectivity index (χ0) is 14.8. The molecule has 0 saturated carbocycles. The Hall–Kier alpha value is -2.49. The van der Waals surface area contributed by atoms with E-state index in [0.717, 1.165) is 41.9 Å². The van der Waals surface area contributed by atoms with Crippen molar-refractivity contribution in [2.24, 2.45) is 0 Å². The molecule has 4 nitrogen and oxygen atoms in total. The van der Waals surface area contributed by atoms with Crippen molar-refractivity contribution in [2.45, 2.75) is 12.8 Å². The third-order valence-electron chi connectivity index (χ3n) is 3.87. The largest absolute Gasteiger partial charge is 0.508 e. The second-order valence-corrected chi connectivity index (χ2v) is 5.24. The van der Waals surface area contributed by atoms with E-state index >= 15 is 0 Å². The molecule has 0 aliphatic carbocycles. The Kier molecular flexibility index (Phi) is 3.52. The molecule has 108 valence electrons. The van der Waals surface area contributed by atoms with E-state index in [1.54, 1.807) is 36.2 Å². The molecule has 0 spiro atoms. The first kappa shape index (κ1) is 13.5. The first-order chi connectivity index (χ1) is 10.2. The number of nitrogens with one attached hydrogen (secondary N) is 1. The number of hydrogen-bond donors (Lipinski definition) is 2. The topological polar surface area (TPSA) is 52.6 Å². The Balaban J connectivity index is 1.93. The molecule has 0 saturated heterocycles. The monoisotopic (exact) mass is 282 g/mol. The zero-order valence-electron chi connectivity index (χ0n) is 12.0. The van der Waals surface area contributed by atoms with Gasteiger partial charge in [0.2, 0.25) is 0 Å². The number of hydrogen-bond acceptors (Lipinski definition) is 3. The van der Waals surface area contributed by atoms with Crippen molar-refractivity contribution in [1.82, 2.24) is 0 Å². The first-order valence-corrected chi connectivity index (χ1v) is 7.09. The lowest BCUT2D eigenvalue weighted by Crippen LogP contribution is -2.28. The van der Waals surface area contributed by atoms with Gasteiger partial charge in [-0.1, -0.05) is 6.07 Å². The second kappa shape index (κ2) is 5.48. The van der Waals surface area contributed by atoms with Gasteiger partial charge in [-0.15, -0.1) is 0 Å². The minimum Gasteiger partial charge on any atom is -0.508 e. The number of anilines is 2. The van der Waals surface area contributed by atoms with Gasteiger partial charge in [0.15, 0.2) is 0 Å². The molecule has 21 heavy (non-hydrogen) atoms. The molecule has 4 heteroatoms. The van der Waals surface area contributed by atoms with Crippen molar-refractivity contribution in [2.75, 3.05) is 23.8 Å². The summed E-state index contributed by atoms with van der Waals surface area (Å²) >= 11 is 0. The van der Waals surface area contributed by atoms with E-state index < -0.39 is 0 Å². The van der Waals surface area contributed by atoms with E-state index in [0.29, 0.717) is 0 Å². The highest BCUT2D eigenvalue weighted by atomic mass is 16.3. The molecular formula is C17H18N2O2. The van der Waals surface area contributed by atoms with Crippen LogP contribution in [0.15, 0.2) is 42.5 Å². The molecular weight excluding hydrogens is 264 g/mol. The normalized spacial score (nSPS) is 13.2. The van der Waals surface area contributed by atoms with Gasteiger partial charge in [-0.2, -0.15) is 0 Å². The third-order valence-corrected chi connectivity index (χ3v) is 3.87. The molecule has 2 N–H and O–H groups in total. The summed E-state index contributed by atoms with van der Waals surface area (Å²) in [5.74, 6) is 0.169. The van der Waals surface area contributed by atoms with Crippen molar-refractivity contribution >= 4 is 17.3 Å². The number of carbonyl (C=O) groups is 1. The van der Waals surface area contributed by atoms with Crippen LogP contribution in [0.3, 0.4) is 0 Å². The van der Waals surface area contributed by atoms with Gasteiger partial charge < -0.3 is 15.3 Å². The SMILES string of the molecule is CN(C(=O)c1cccc2c1CCCN2)c1ccc(O)cc1. The number of phenolic OH excluding ortho intramolecular Hbond substituents is 1. The van der Waals surface area contributed by atoms with Gasteiger partial charge in [-0.3, -0.25) is 4.79 Å². The van der Waals surface area contributed by atoms with Crippen LogP contribution < -0.4 is 10.2 Å². The molecule has 0 fully saturated rings. The second-order valence-electron chi connectivity index (χ2n) is 5.24. The van der Waals surface area contributed by atoms with Gasteiger partial charge >= 0.3 is 0 Å². The highest BCUT2D eigenvalue weighted by Crippen LogP contribution is 2.27. The van der Waals surface area contributed by atoms with Crippen LogP contribution in [0.2, 0.25) is 0 Å². The minimum atomic E-state index is -0.0266. The predicted octanol–water partition coefficient (Wildman–Crippen LogP) is 3.03. The van der Waals surface area contributed by atoms with E-state index in [4.69, 9.17) is 0 Å². The van der Waals surface area contributed by atoms with Crippen molar-refractivity contribution in [3.8, 4) is 5.75 Å². The highest BCUT2D eigenvalue weighted by molar-refractivity contribution is 6.07. The average Bonchev–Trinajstić information content (AvgIpc) is 2.53. The summed E-state index contributed by atoms with van der Waals surface area (Å²) in [5.41, 5.74) is 3.67. The molecule has 0 bridgehead atoms. The lowest BCUT2D eigenvalue weighted by Gasteiger charge is -2.23. The number of benzene rings is 2. The molecule has 1 aliphatic rings. The number of amides is 1. The fourth-order valence-corrected chi connectivity index (χ4v) is 2.68. The summed E-state index contributed by atoms with van der Waals surface area (Å²) in [6.07, 6.45) is 1.97. The van der Waals surface area contributed by atoms with Crippen LogP contribution in [0.5, 0.6) is 5.75 Å². The maximum atomic E-state index is 12.7. The van der Waals surface area contributed by atoms with Crippen LogP contribution in [0.1, 0.15) is 22.3 Å². The molecule has 3 rings (SSSR count). The average molecular weight is 282 g/mol. The molecule has 1 heterocycles. The first-order valence-electron chi connectivity index (χ1n) is 7.09. The van der Waals surface area contributed by atoms with Gasteiger partial charge in [0.1, 0.15) is 5.75 Å². The molecule has 1 aliphatic heterocycles. The summed E-state index contributed by atoms with van der Waals surface area (Å²) in [6.45, 7) is 0.957. The Morgan fingerprint density at radius 3 is 2.71 bits per heavy atom. The van der Waals surface area contributed by atoms with Gasteiger partial charge in [0.05, 0.1) is 0 Å². The third kappa shape index (κ3) is 2.57. The van der Waals surface area contributed by atoms with Crippen molar-refractivity contribution < 1.29 is 9.90 Å². The summed E-state index contributed by atoms with van der Waals surface area (Å²) in [4.78, 5) is 14.4. The number of aromatic hydroxyl groups is 1. The van der Waals surface area contributed by atoms with Gasteiger partial charge in [0, 0.05) is 30.5 Å². The van der Waals surface area contributed by atoms with Gasteiger partial charge in [-0.25, -0.2) is 0 Å². The van der Waals surface area contributed by atoms with Gasteiger partial charge in [0.25, 0.3) is 5.91 Å². The standard InChI is InChI=1S/C17H18N2O2/c1-19(12-7-9-13(20)10-8-12)17(21)15-4-2-6-16-14(15)5-3-11-18-16/h2,4,6-10,18,20H,3,5,11H2,1H3. The maximum absolute atomic E-state index is 12.7. The molecule has 1 amide bonds. The lowest BCUT2D eigenvalue weighted by atomic mass is 9.97. The molecule has 0 radical (unpaired) electrons. The quantitative estimate of drug-likeness (QED) is 0.890. The molecule has 2 aromatic rings. The summed E-state index contributed by atoms with van der Waals surface area (Å²) in [5, 5.41) is 12.7. The van der Waals surface area contributed by atoms with E-state index in [1.165, 1.54) is 0 Å². The van der Waals surface area contributed by atoms with E-state index in [9.17, 15) is 9.90 Å². The van der Waals surface area contributed by atoms with Crippen LogP contribution in [-0.4, -0.2) is 24.6 Å². The maximum Gasteiger partial charge on any atom is 0.258 e. The number of phenols is 1. The van der Waals surface area contributed by atoms with Crippen LogP contribution >= 0.6 is 0 Å². The van der Waals surface area contributed by atoms with Gasteiger partial charge in [-0.05, 0) is 54.8 Å². The lowest BCUT2D eigenvalue weighted by molar-refractivity contribution is 0.0992. The highest BCUT2D eigenvalue weighted by Gasteiger charge is 2.20. The van der Waals surface area contributed by atoms with Crippen LogP contribution in [-0.2, 0) is 6.42 Å².